The fourth-order valence-corrected chi connectivity index (χ4v) is 4.07. The molecule has 0 spiro atoms. The fraction of sp³-hybridized carbons (Fsp3) is 0.600. The van der Waals surface area contributed by atoms with E-state index in [1.165, 1.54) is 16.4 Å². The third kappa shape index (κ3) is 4.94. The highest BCUT2D eigenvalue weighted by molar-refractivity contribution is 7.89. The molecule has 120 valence electrons. The first kappa shape index (κ1) is 18.4. The van der Waals surface area contributed by atoms with Crippen LogP contribution in [0.3, 0.4) is 0 Å². The van der Waals surface area contributed by atoms with Crippen LogP contribution in [-0.4, -0.2) is 25.8 Å². The summed E-state index contributed by atoms with van der Waals surface area (Å²) in [7, 11) is -3.63. The number of alkyl halides is 1. The van der Waals surface area contributed by atoms with E-state index in [0.29, 0.717) is 13.1 Å². The number of benzene rings is 1. The molecule has 0 bridgehead atoms. The summed E-state index contributed by atoms with van der Waals surface area (Å²) in [6, 6.07) is 3.78. The van der Waals surface area contributed by atoms with Crippen LogP contribution in [0.25, 0.3) is 0 Å². The Balaban J connectivity index is 3.21. The first-order valence-corrected chi connectivity index (χ1v) is 9.00. The van der Waals surface area contributed by atoms with E-state index in [2.05, 4.69) is 0 Å². The van der Waals surface area contributed by atoms with Crippen molar-refractivity contribution in [2.45, 2.75) is 38.5 Å². The smallest absolute Gasteiger partial charge is 0.207 e. The van der Waals surface area contributed by atoms with E-state index in [0.717, 1.165) is 6.07 Å². The monoisotopic (exact) mass is 335 g/mol. The van der Waals surface area contributed by atoms with Crippen molar-refractivity contribution in [2.24, 2.45) is 11.8 Å². The number of nitrogens with zero attached hydrogens (tertiary/aromatic N) is 1. The predicted molar refractivity (Wildman–Crippen MR) is 84.4 cm³/mol. The van der Waals surface area contributed by atoms with E-state index in [-0.39, 0.29) is 28.2 Å². The minimum absolute atomic E-state index is 0.0520. The second-order valence-electron chi connectivity index (χ2n) is 6.00. The molecule has 0 radical (unpaired) electrons. The van der Waals surface area contributed by atoms with Crippen molar-refractivity contribution in [1.82, 2.24) is 4.31 Å². The Kier molecular flexibility index (Phi) is 6.63. The van der Waals surface area contributed by atoms with Crippen molar-refractivity contribution in [3.63, 3.8) is 0 Å². The van der Waals surface area contributed by atoms with Gasteiger partial charge in [-0.3, -0.25) is 0 Å². The molecule has 0 fully saturated rings. The first-order chi connectivity index (χ1) is 9.68. The highest BCUT2D eigenvalue weighted by Gasteiger charge is 2.26. The third-order valence-electron chi connectivity index (χ3n) is 2.94. The average Bonchev–Trinajstić information content (AvgIpc) is 2.37. The molecule has 1 aromatic rings. The molecule has 0 aromatic heterocycles. The molecule has 0 amide bonds. The van der Waals surface area contributed by atoms with Crippen LogP contribution in [0.1, 0.15) is 33.3 Å². The molecule has 0 unspecified atom stereocenters. The van der Waals surface area contributed by atoms with E-state index in [1.807, 2.05) is 27.7 Å². The number of sulfonamides is 1. The van der Waals surface area contributed by atoms with Gasteiger partial charge in [0.1, 0.15) is 5.82 Å². The molecule has 0 aliphatic carbocycles. The summed E-state index contributed by atoms with van der Waals surface area (Å²) in [4.78, 5) is 0.0980. The number of halogens is 2. The molecule has 0 N–H and O–H groups in total. The first-order valence-electron chi connectivity index (χ1n) is 7.03. The van der Waals surface area contributed by atoms with Crippen LogP contribution in [-0.2, 0) is 15.9 Å². The van der Waals surface area contributed by atoms with Gasteiger partial charge < -0.3 is 0 Å². The van der Waals surface area contributed by atoms with E-state index in [4.69, 9.17) is 11.6 Å². The zero-order chi connectivity index (χ0) is 16.2. The summed E-state index contributed by atoms with van der Waals surface area (Å²) >= 11 is 5.65. The van der Waals surface area contributed by atoms with Gasteiger partial charge in [-0.2, -0.15) is 4.31 Å². The second kappa shape index (κ2) is 7.56. The number of rotatable bonds is 7. The molecule has 6 heteroatoms. The maximum absolute atomic E-state index is 13.5. The van der Waals surface area contributed by atoms with E-state index in [1.54, 1.807) is 0 Å². The quantitative estimate of drug-likeness (QED) is 0.709. The molecule has 1 rings (SSSR count). The number of hydrogen-bond acceptors (Lipinski definition) is 2. The lowest BCUT2D eigenvalue weighted by Crippen LogP contribution is -2.37. The van der Waals surface area contributed by atoms with Gasteiger partial charge in [-0.25, -0.2) is 12.8 Å². The molecule has 3 nitrogen and oxygen atoms in total. The largest absolute Gasteiger partial charge is 0.243 e. The average molecular weight is 336 g/mol. The minimum Gasteiger partial charge on any atom is -0.207 e. The Labute approximate surface area is 132 Å². The Bertz CT molecular complexity index is 563. The van der Waals surface area contributed by atoms with Gasteiger partial charge in [0.15, 0.2) is 0 Å². The maximum atomic E-state index is 13.5. The van der Waals surface area contributed by atoms with E-state index >= 15 is 0 Å². The zero-order valence-corrected chi connectivity index (χ0v) is 14.5. The summed E-state index contributed by atoms with van der Waals surface area (Å²) < 4.78 is 40.4. The number of hydrogen-bond donors (Lipinski definition) is 0. The lowest BCUT2D eigenvalue weighted by Gasteiger charge is -2.25. The predicted octanol–water partition coefficient (Wildman–Crippen LogP) is 3.87. The summed E-state index contributed by atoms with van der Waals surface area (Å²) in [5.41, 5.74) is 0.201. The lowest BCUT2D eigenvalue weighted by molar-refractivity contribution is 0.333. The van der Waals surface area contributed by atoms with Crippen molar-refractivity contribution in [3.05, 3.63) is 29.6 Å². The van der Waals surface area contributed by atoms with Crippen LogP contribution < -0.4 is 0 Å². The van der Waals surface area contributed by atoms with E-state index < -0.39 is 15.8 Å². The van der Waals surface area contributed by atoms with Gasteiger partial charge in [-0.15, -0.1) is 11.6 Å². The molecule has 0 aliphatic rings. The molecular formula is C15H23ClFNO2S. The molecule has 0 saturated heterocycles. The topological polar surface area (TPSA) is 37.4 Å². The van der Waals surface area contributed by atoms with Gasteiger partial charge in [0.05, 0.1) is 10.8 Å². The zero-order valence-electron chi connectivity index (χ0n) is 12.9. The van der Waals surface area contributed by atoms with Crippen LogP contribution in [0.2, 0.25) is 0 Å². The molecular weight excluding hydrogens is 313 g/mol. The SMILES string of the molecule is CC(C)CN(CC(C)C)S(=O)(=O)c1ccc(F)c(CCl)c1. The van der Waals surface area contributed by atoms with Crippen LogP contribution in [0.15, 0.2) is 23.1 Å². The standard InChI is InChI=1S/C15H23ClFNO2S/c1-11(2)9-18(10-12(3)4)21(19,20)14-5-6-15(17)13(7-14)8-16/h5-7,11-12H,8-10H2,1-4H3. The van der Waals surface area contributed by atoms with Crippen molar-refractivity contribution in [3.8, 4) is 0 Å². The van der Waals surface area contributed by atoms with Crippen molar-refractivity contribution in [2.75, 3.05) is 13.1 Å². The van der Waals surface area contributed by atoms with Crippen molar-refractivity contribution in [1.29, 1.82) is 0 Å². The Morgan fingerprint density at radius 2 is 1.67 bits per heavy atom. The van der Waals surface area contributed by atoms with Crippen molar-refractivity contribution >= 4 is 21.6 Å². The molecule has 0 atom stereocenters. The molecule has 0 heterocycles. The third-order valence-corrected chi connectivity index (χ3v) is 5.05. The van der Waals surface area contributed by atoms with Gasteiger partial charge in [-0.1, -0.05) is 27.7 Å². The fourth-order valence-electron chi connectivity index (χ4n) is 2.05. The van der Waals surface area contributed by atoms with Gasteiger partial charge in [-0.05, 0) is 30.0 Å². The maximum Gasteiger partial charge on any atom is 0.243 e. The van der Waals surface area contributed by atoms with Crippen LogP contribution in [0.5, 0.6) is 0 Å². The Morgan fingerprint density at radius 3 is 2.10 bits per heavy atom. The van der Waals surface area contributed by atoms with Gasteiger partial charge in [0.25, 0.3) is 0 Å². The molecule has 0 aliphatic heterocycles. The minimum atomic E-state index is -3.63. The van der Waals surface area contributed by atoms with Crippen LogP contribution in [0, 0.1) is 17.7 Å². The van der Waals surface area contributed by atoms with Crippen LogP contribution >= 0.6 is 11.6 Å². The van der Waals surface area contributed by atoms with E-state index in [9.17, 15) is 12.8 Å². The summed E-state index contributed by atoms with van der Waals surface area (Å²) in [6.45, 7) is 8.76. The highest BCUT2D eigenvalue weighted by Crippen LogP contribution is 2.22. The van der Waals surface area contributed by atoms with Gasteiger partial charge >= 0.3 is 0 Å². The Morgan fingerprint density at radius 1 is 1.14 bits per heavy atom. The summed E-state index contributed by atoms with van der Waals surface area (Å²) in [6.07, 6.45) is 0. The Hall–Kier alpha value is -0.650. The molecule has 21 heavy (non-hydrogen) atoms. The van der Waals surface area contributed by atoms with Crippen LogP contribution in [0.4, 0.5) is 4.39 Å². The van der Waals surface area contributed by atoms with Gasteiger partial charge in [0, 0.05) is 18.7 Å². The molecule has 1 aromatic carbocycles. The highest BCUT2D eigenvalue weighted by atomic mass is 35.5. The normalized spacial score (nSPS) is 12.6. The second-order valence-corrected chi connectivity index (χ2v) is 8.20. The lowest BCUT2D eigenvalue weighted by atomic mass is 10.2. The van der Waals surface area contributed by atoms with Gasteiger partial charge in [0.2, 0.25) is 10.0 Å². The summed E-state index contributed by atoms with van der Waals surface area (Å²) in [5, 5.41) is 0. The molecule has 0 saturated carbocycles. The van der Waals surface area contributed by atoms with Crippen molar-refractivity contribution < 1.29 is 12.8 Å². The summed E-state index contributed by atoms with van der Waals surface area (Å²) in [5.74, 6) is -0.107.